The summed E-state index contributed by atoms with van der Waals surface area (Å²) in [5, 5.41) is 0. The van der Waals surface area contributed by atoms with Crippen molar-refractivity contribution in [3.8, 4) is 0 Å². The maximum Gasteiger partial charge on any atom is 0.182 e. The highest BCUT2D eigenvalue weighted by molar-refractivity contribution is 6.03. The predicted octanol–water partition coefficient (Wildman–Crippen LogP) is 9.13. The third-order valence-electron chi connectivity index (χ3n) is 8.79. The van der Waals surface area contributed by atoms with Gasteiger partial charge in [-0.25, -0.2) is 0 Å². The fourth-order valence-electron chi connectivity index (χ4n) is 5.52. The number of ketones is 2. The second kappa shape index (κ2) is 18.5. The van der Waals surface area contributed by atoms with Crippen molar-refractivity contribution in [2.45, 2.75) is 131 Å². The molecule has 2 aromatic rings. The fourth-order valence-corrected chi connectivity index (χ4v) is 5.52. The summed E-state index contributed by atoms with van der Waals surface area (Å²) in [5.74, 6) is 0.340. The lowest BCUT2D eigenvalue weighted by molar-refractivity contribution is 0.0626. The van der Waals surface area contributed by atoms with Crippen molar-refractivity contribution in [2.24, 2.45) is 0 Å². The largest absolute Gasteiger partial charge is 0.372 e. The molecule has 0 heterocycles. The highest BCUT2D eigenvalue weighted by Gasteiger charge is 2.35. The zero-order chi connectivity index (χ0) is 31.9. The van der Waals surface area contributed by atoms with Gasteiger partial charge in [-0.15, -0.1) is 0 Å². The van der Waals surface area contributed by atoms with E-state index in [0.717, 1.165) is 99.8 Å². The first-order valence-electron chi connectivity index (χ1n) is 16.9. The van der Waals surface area contributed by atoms with Gasteiger partial charge >= 0.3 is 0 Å². The van der Waals surface area contributed by atoms with Gasteiger partial charge in [-0.05, 0) is 90.7 Å². The van der Waals surface area contributed by atoms with Crippen LogP contribution in [0.15, 0.2) is 48.5 Å². The Labute approximate surface area is 263 Å². The zero-order valence-electron chi connectivity index (χ0n) is 28.6. The van der Waals surface area contributed by atoms with Crippen LogP contribution in [0.2, 0.25) is 0 Å². The van der Waals surface area contributed by atoms with E-state index in [9.17, 15) is 9.59 Å². The van der Waals surface area contributed by atoms with E-state index in [4.69, 9.17) is 4.74 Å². The number of ether oxygens (including phenoxy) is 1. The number of hydrogen-bond acceptors (Lipinski definition) is 5. The van der Waals surface area contributed by atoms with E-state index in [1.165, 1.54) is 0 Å². The molecule has 0 unspecified atom stereocenters. The van der Waals surface area contributed by atoms with Crippen molar-refractivity contribution >= 4 is 11.6 Å². The lowest BCUT2D eigenvalue weighted by Gasteiger charge is -2.37. The molecule has 0 fully saturated rings. The third kappa shape index (κ3) is 11.0. The molecule has 0 aliphatic rings. The molecule has 5 nitrogen and oxygen atoms in total. The van der Waals surface area contributed by atoms with Crippen LogP contribution < -0.4 is 0 Å². The van der Waals surface area contributed by atoms with Crippen LogP contribution in [0.4, 0.5) is 0 Å². The number of benzene rings is 2. The maximum absolute atomic E-state index is 13.5. The monoisotopic (exact) mass is 592 g/mol. The van der Waals surface area contributed by atoms with Gasteiger partial charge in [0.2, 0.25) is 0 Å². The van der Waals surface area contributed by atoms with E-state index < -0.39 is 11.1 Å². The molecule has 0 radical (unpaired) electrons. The SMILES string of the molecule is CCCCN(CCCC)C(C)(C)C(=O)c1ccc(COCc2ccc(C(=O)C(C)(C)N(CCCC)CCCC)cc2)cc1. The number of carbonyl (C=O) groups is 2. The molecule has 2 aromatic carbocycles. The first kappa shape index (κ1) is 36.8. The minimum atomic E-state index is -0.533. The van der Waals surface area contributed by atoms with Gasteiger partial charge in [0.05, 0.1) is 24.3 Å². The Morgan fingerprint density at radius 2 is 0.814 bits per heavy atom. The Kier molecular flexibility index (Phi) is 15.8. The molecular weight excluding hydrogens is 532 g/mol. The summed E-state index contributed by atoms with van der Waals surface area (Å²) in [6.07, 6.45) is 8.90. The van der Waals surface area contributed by atoms with Gasteiger partial charge in [0, 0.05) is 11.1 Å². The number of hydrogen-bond donors (Lipinski definition) is 0. The van der Waals surface area contributed by atoms with E-state index in [2.05, 4.69) is 65.2 Å². The minimum Gasteiger partial charge on any atom is -0.372 e. The summed E-state index contributed by atoms with van der Waals surface area (Å²) >= 11 is 0. The van der Waals surface area contributed by atoms with Crippen LogP contribution in [0.3, 0.4) is 0 Å². The first-order chi connectivity index (χ1) is 20.5. The average molecular weight is 593 g/mol. The summed E-state index contributed by atoms with van der Waals surface area (Å²) in [6, 6.07) is 15.7. The van der Waals surface area contributed by atoms with Gasteiger partial charge in [0.1, 0.15) is 0 Å². The van der Waals surface area contributed by atoms with Crippen LogP contribution in [-0.4, -0.2) is 58.6 Å². The van der Waals surface area contributed by atoms with Crippen molar-refractivity contribution in [1.82, 2.24) is 9.80 Å². The average Bonchev–Trinajstić information content (AvgIpc) is 3.00. The van der Waals surface area contributed by atoms with Crippen molar-refractivity contribution in [2.75, 3.05) is 26.2 Å². The van der Waals surface area contributed by atoms with E-state index in [0.29, 0.717) is 13.2 Å². The Morgan fingerprint density at radius 3 is 1.07 bits per heavy atom. The van der Waals surface area contributed by atoms with Gasteiger partial charge < -0.3 is 4.74 Å². The van der Waals surface area contributed by atoms with Crippen LogP contribution in [-0.2, 0) is 18.0 Å². The topological polar surface area (TPSA) is 49.9 Å². The molecule has 0 atom stereocenters. The van der Waals surface area contributed by atoms with Crippen molar-refractivity contribution in [3.05, 3.63) is 70.8 Å². The van der Waals surface area contributed by atoms with Gasteiger partial charge in [-0.2, -0.15) is 0 Å². The molecule has 5 heteroatoms. The summed E-state index contributed by atoms with van der Waals surface area (Å²) in [6.45, 7) is 21.8. The Hall–Kier alpha value is -2.34. The van der Waals surface area contributed by atoms with E-state index in [1.807, 2.05) is 48.5 Å². The second-order valence-electron chi connectivity index (χ2n) is 13.1. The maximum atomic E-state index is 13.5. The lowest BCUT2D eigenvalue weighted by atomic mass is 9.90. The van der Waals surface area contributed by atoms with Crippen LogP contribution in [0.25, 0.3) is 0 Å². The zero-order valence-corrected chi connectivity index (χ0v) is 28.6. The van der Waals surface area contributed by atoms with Crippen molar-refractivity contribution < 1.29 is 14.3 Å². The molecule has 240 valence electrons. The van der Waals surface area contributed by atoms with E-state index in [-0.39, 0.29) is 11.6 Å². The van der Waals surface area contributed by atoms with Crippen LogP contribution in [0.1, 0.15) is 139 Å². The minimum absolute atomic E-state index is 0.170. The lowest BCUT2D eigenvalue weighted by Crippen LogP contribution is -2.51. The first-order valence-corrected chi connectivity index (χ1v) is 16.9. The molecular formula is C38H60N2O3. The van der Waals surface area contributed by atoms with Crippen molar-refractivity contribution in [3.63, 3.8) is 0 Å². The summed E-state index contributed by atoms with van der Waals surface area (Å²) in [4.78, 5) is 31.7. The van der Waals surface area contributed by atoms with Gasteiger partial charge in [0.25, 0.3) is 0 Å². The third-order valence-corrected chi connectivity index (χ3v) is 8.79. The van der Waals surface area contributed by atoms with Gasteiger partial charge in [-0.1, -0.05) is 102 Å². The van der Waals surface area contributed by atoms with Crippen LogP contribution in [0.5, 0.6) is 0 Å². The molecule has 0 saturated carbocycles. The molecule has 43 heavy (non-hydrogen) atoms. The molecule has 0 spiro atoms. The normalized spacial score (nSPS) is 12.3. The van der Waals surface area contributed by atoms with Gasteiger partial charge in [0.15, 0.2) is 11.6 Å². The number of carbonyl (C=O) groups excluding carboxylic acids is 2. The molecule has 0 amide bonds. The molecule has 0 bridgehead atoms. The second-order valence-corrected chi connectivity index (χ2v) is 13.1. The molecule has 0 aromatic heterocycles. The summed E-state index contributed by atoms with van der Waals surface area (Å²) in [7, 11) is 0. The molecule has 0 aliphatic heterocycles. The summed E-state index contributed by atoms with van der Waals surface area (Å²) < 4.78 is 6.01. The highest BCUT2D eigenvalue weighted by Crippen LogP contribution is 2.24. The van der Waals surface area contributed by atoms with Crippen molar-refractivity contribution in [1.29, 1.82) is 0 Å². The van der Waals surface area contributed by atoms with E-state index in [1.54, 1.807) is 0 Å². The molecule has 2 rings (SSSR count). The van der Waals surface area contributed by atoms with Crippen LogP contribution >= 0.6 is 0 Å². The molecule has 0 saturated heterocycles. The number of nitrogens with zero attached hydrogens (tertiary/aromatic N) is 2. The smallest absolute Gasteiger partial charge is 0.182 e. The number of rotatable bonds is 22. The molecule has 0 N–H and O–H groups in total. The predicted molar refractivity (Wildman–Crippen MR) is 181 cm³/mol. The highest BCUT2D eigenvalue weighted by atomic mass is 16.5. The Morgan fingerprint density at radius 1 is 0.535 bits per heavy atom. The Balaban J connectivity index is 1.97. The standard InChI is InChI=1S/C38H60N2O3/c1-9-13-25-39(26-14-10-2)37(5,6)35(41)33-21-17-31(18-22-33)29-43-30-32-19-23-34(24-20-32)36(42)38(7,8)40(27-15-11-3)28-16-12-4/h17-24H,9-16,25-30H2,1-8H3. The van der Waals surface area contributed by atoms with E-state index >= 15 is 0 Å². The van der Waals surface area contributed by atoms with Crippen LogP contribution in [0, 0.1) is 0 Å². The fraction of sp³-hybridized carbons (Fsp3) is 0.632. The number of unbranched alkanes of at least 4 members (excludes halogenated alkanes) is 4. The van der Waals surface area contributed by atoms with Gasteiger partial charge in [-0.3, -0.25) is 19.4 Å². The quantitative estimate of drug-likeness (QED) is 0.128. The number of Topliss-reactive ketones (excluding diaryl/α,β-unsaturated/α-hetero) is 2. The molecule has 0 aliphatic carbocycles. The summed E-state index contributed by atoms with van der Waals surface area (Å²) in [5.41, 5.74) is 2.51. The Bertz CT molecular complexity index is 986.